The van der Waals surface area contributed by atoms with Crippen LogP contribution in [0.2, 0.25) is 5.02 Å². The van der Waals surface area contributed by atoms with Crippen LogP contribution in [0.15, 0.2) is 71.0 Å². The van der Waals surface area contributed by atoms with Gasteiger partial charge in [-0.25, -0.2) is 4.98 Å². The van der Waals surface area contributed by atoms with Gasteiger partial charge >= 0.3 is 0 Å². The van der Waals surface area contributed by atoms with Crippen molar-refractivity contribution in [3.63, 3.8) is 0 Å². The molecule has 0 atom stereocenters. The van der Waals surface area contributed by atoms with Gasteiger partial charge in [-0.15, -0.1) is 10.2 Å². The maximum Gasteiger partial charge on any atom is 0.183 e. The molecule has 0 fully saturated rings. The first-order chi connectivity index (χ1) is 12.1. The summed E-state index contributed by atoms with van der Waals surface area (Å²) in [6.45, 7) is 4.20. The average molecular weight is 349 g/mol. The van der Waals surface area contributed by atoms with Crippen molar-refractivity contribution >= 4 is 39.5 Å². The smallest absolute Gasteiger partial charge is 0.183 e. The van der Waals surface area contributed by atoms with Gasteiger partial charge in [0.2, 0.25) is 0 Å². The standard InChI is InChI=1S/C20H17ClN4/c1-13(2)19-20(25-12-15(21)10-11-18(25)22-19)24-23-17-9-5-7-14-6-3-4-8-16(14)17/h3-13H,1-2H3. The lowest BCUT2D eigenvalue weighted by atomic mass is 10.1. The van der Waals surface area contributed by atoms with Gasteiger partial charge in [0.1, 0.15) is 5.65 Å². The maximum atomic E-state index is 6.15. The molecule has 0 radical (unpaired) electrons. The van der Waals surface area contributed by atoms with Crippen LogP contribution in [-0.4, -0.2) is 9.38 Å². The first-order valence-corrected chi connectivity index (χ1v) is 8.58. The molecule has 4 rings (SSSR count). The van der Waals surface area contributed by atoms with Crippen LogP contribution in [0.5, 0.6) is 0 Å². The molecule has 4 aromatic rings. The SMILES string of the molecule is CC(C)c1nc2ccc(Cl)cn2c1N=Nc1cccc2ccccc12. The Morgan fingerprint density at radius 3 is 2.60 bits per heavy atom. The zero-order valence-electron chi connectivity index (χ0n) is 14.0. The Labute approximate surface area is 150 Å². The van der Waals surface area contributed by atoms with E-state index in [1.54, 1.807) is 0 Å². The fourth-order valence-corrected chi connectivity index (χ4v) is 3.07. The third-order valence-electron chi connectivity index (χ3n) is 4.15. The molecule has 0 aliphatic heterocycles. The Morgan fingerprint density at radius 2 is 1.76 bits per heavy atom. The van der Waals surface area contributed by atoms with Crippen molar-refractivity contribution < 1.29 is 0 Å². The second-order valence-electron chi connectivity index (χ2n) is 6.25. The van der Waals surface area contributed by atoms with Gasteiger partial charge in [-0.2, -0.15) is 0 Å². The summed E-state index contributed by atoms with van der Waals surface area (Å²) in [5, 5.41) is 11.9. The minimum atomic E-state index is 0.236. The highest BCUT2D eigenvalue weighted by molar-refractivity contribution is 6.30. The quantitative estimate of drug-likeness (QED) is 0.381. The molecule has 2 aromatic carbocycles. The van der Waals surface area contributed by atoms with E-state index in [1.165, 1.54) is 0 Å². The van der Waals surface area contributed by atoms with E-state index >= 15 is 0 Å². The molecule has 124 valence electrons. The average Bonchev–Trinajstić information content (AvgIpc) is 2.98. The second kappa shape index (κ2) is 6.30. The molecule has 0 aliphatic carbocycles. The van der Waals surface area contributed by atoms with Gasteiger partial charge in [0, 0.05) is 11.6 Å². The van der Waals surface area contributed by atoms with Crippen LogP contribution in [0.25, 0.3) is 16.4 Å². The van der Waals surface area contributed by atoms with E-state index in [0.717, 1.165) is 33.6 Å². The number of hydrogen-bond acceptors (Lipinski definition) is 3. The van der Waals surface area contributed by atoms with E-state index in [1.807, 2.05) is 47.0 Å². The lowest BCUT2D eigenvalue weighted by Crippen LogP contribution is -1.87. The summed E-state index contributed by atoms with van der Waals surface area (Å²) >= 11 is 6.15. The number of aromatic nitrogens is 2. The summed E-state index contributed by atoms with van der Waals surface area (Å²) in [6, 6.07) is 17.9. The predicted molar refractivity (Wildman–Crippen MR) is 102 cm³/mol. The number of pyridine rings is 1. The third kappa shape index (κ3) is 2.89. The van der Waals surface area contributed by atoms with Gasteiger partial charge in [0.05, 0.1) is 16.4 Å². The third-order valence-corrected chi connectivity index (χ3v) is 4.37. The number of azo groups is 1. The van der Waals surface area contributed by atoms with Gasteiger partial charge in [-0.1, -0.05) is 61.8 Å². The van der Waals surface area contributed by atoms with Crippen molar-refractivity contribution in [2.75, 3.05) is 0 Å². The van der Waals surface area contributed by atoms with Gasteiger partial charge in [-0.3, -0.25) is 4.40 Å². The Hall–Kier alpha value is -2.72. The first-order valence-electron chi connectivity index (χ1n) is 8.20. The Balaban J connectivity index is 1.88. The highest BCUT2D eigenvalue weighted by Gasteiger charge is 2.15. The topological polar surface area (TPSA) is 42.0 Å². The van der Waals surface area contributed by atoms with Crippen LogP contribution in [0, 0.1) is 0 Å². The van der Waals surface area contributed by atoms with E-state index < -0.39 is 0 Å². The molecule has 2 aromatic heterocycles. The van der Waals surface area contributed by atoms with Crippen LogP contribution < -0.4 is 0 Å². The zero-order valence-corrected chi connectivity index (χ0v) is 14.8. The fourth-order valence-electron chi connectivity index (χ4n) is 2.91. The molecule has 25 heavy (non-hydrogen) atoms. The molecular weight excluding hydrogens is 332 g/mol. The zero-order chi connectivity index (χ0) is 17.4. The Morgan fingerprint density at radius 1 is 0.960 bits per heavy atom. The van der Waals surface area contributed by atoms with Crippen molar-refractivity contribution in [3.05, 3.63) is 71.5 Å². The molecule has 0 spiro atoms. The van der Waals surface area contributed by atoms with Crippen LogP contribution >= 0.6 is 11.6 Å². The predicted octanol–water partition coefficient (Wildman–Crippen LogP) is 6.68. The summed E-state index contributed by atoms with van der Waals surface area (Å²) in [6.07, 6.45) is 1.83. The fraction of sp³-hybridized carbons (Fsp3) is 0.150. The Bertz CT molecular complexity index is 1090. The molecular formula is C20H17ClN4. The molecule has 0 unspecified atom stereocenters. The summed E-state index contributed by atoms with van der Waals surface area (Å²) < 4.78 is 1.90. The summed E-state index contributed by atoms with van der Waals surface area (Å²) in [4.78, 5) is 4.68. The number of halogens is 1. The second-order valence-corrected chi connectivity index (χ2v) is 6.69. The molecule has 2 heterocycles. The van der Waals surface area contributed by atoms with Crippen molar-refractivity contribution in [3.8, 4) is 0 Å². The first kappa shape index (κ1) is 15.8. The summed E-state index contributed by atoms with van der Waals surface area (Å²) in [5.74, 6) is 0.959. The number of benzene rings is 2. The maximum absolute atomic E-state index is 6.15. The molecule has 0 bridgehead atoms. The van der Waals surface area contributed by atoms with Crippen molar-refractivity contribution in [1.82, 2.24) is 9.38 Å². The number of nitrogens with zero attached hydrogens (tertiary/aromatic N) is 4. The Kier molecular flexibility index (Phi) is 3.98. The van der Waals surface area contributed by atoms with E-state index in [2.05, 4.69) is 47.3 Å². The molecule has 4 nitrogen and oxygen atoms in total. The largest absolute Gasteiger partial charge is 0.281 e. The summed E-state index contributed by atoms with van der Waals surface area (Å²) in [7, 11) is 0. The van der Waals surface area contributed by atoms with Gasteiger partial charge in [0.15, 0.2) is 5.82 Å². The number of rotatable bonds is 3. The van der Waals surface area contributed by atoms with Crippen LogP contribution in [0.4, 0.5) is 11.5 Å². The van der Waals surface area contributed by atoms with Crippen LogP contribution in [0.1, 0.15) is 25.5 Å². The van der Waals surface area contributed by atoms with Gasteiger partial charge in [0.25, 0.3) is 0 Å². The number of imidazole rings is 1. The molecule has 5 heteroatoms. The highest BCUT2D eigenvalue weighted by atomic mass is 35.5. The van der Waals surface area contributed by atoms with Crippen molar-refractivity contribution in [1.29, 1.82) is 0 Å². The molecule has 0 saturated carbocycles. The summed E-state index contributed by atoms with van der Waals surface area (Å²) in [5.41, 5.74) is 2.57. The highest BCUT2D eigenvalue weighted by Crippen LogP contribution is 2.32. The van der Waals surface area contributed by atoms with Gasteiger partial charge < -0.3 is 0 Å². The van der Waals surface area contributed by atoms with Gasteiger partial charge in [-0.05, 0) is 29.5 Å². The number of fused-ring (bicyclic) bond motifs is 2. The normalized spacial score (nSPS) is 12.0. The lowest BCUT2D eigenvalue weighted by Gasteiger charge is -2.03. The monoisotopic (exact) mass is 348 g/mol. The van der Waals surface area contributed by atoms with Crippen molar-refractivity contribution in [2.24, 2.45) is 10.2 Å². The van der Waals surface area contributed by atoms with E-state index in [-0.39, 0.29) is 5.92 Å². The number of hydrogen-bond donors (Lipinski definition) is 0. The van der Waals surface area contributed by atoms with E-state index in [0.29, 0.717) is 5.02 Å². The minimum absolute atomic E-state index is 0.236. The molecule has 0 amide bonds. The van der Waals surface area contributed by atoms with Crippen LogP contribution in [-0.2, 0) is 0 Å². The van der Waals surface area contributed by atoms with Crippen LogP contribution in [0.3, 0.4) is 0 Å². The minimum Gasteiger partial charge on any atom is -0.281 e. The van der Waals surface area contributed by atoms with E-state index in [9.17, 15) is 0 Å². The molecule has 0 saturated heterocycles. The lowest BCUT2D eigenvalue weighted by molar-refractivity contribution is 0.831. The molecule has 0 N–H and O–H groups in total. The van der Waals surface area contributed by atoms with Crippen molar-refractivity contribution in [2.45, 2.75) is 19.8 Å². The van der Waals surface area contributed by atoms with E-state index in [4.69, 9.17) is 11.6 Å². The molecule has 0 aliphatic rings.